The van der Waals surface area contributed by atoms with Crippen LogP contribution in [0.25, 0.3) is 0 Å². The zero-order valence-corrected chi connectivity index (χ0v) is 16.6. The monoisotopic (exact) mass is 408 g/mol. The van der Waals surface area contributed by atoms with Crippen LogP contribution < -0.4 is 5.32 Å². The summed E-state index contributed by atoms with van der Waals surface area (Å²) in [5.74, 6) is -0.161. The van der Waals surface area contributed by atoms with Crippen molar-refractivity contribution in [2.45, 2.75) is 22.9 Å². The molecule has 1 N–H and O–H groups in total. The van der Waals surface area contributed by atoms with E-state index in [1.165, 1.54) is 16.8 Å². The first-order valence-electron chi connectivity index (χ1n) is 9.40. The third kappa shape index (κ3) is 2.49. The van der Waals surface area contributed by atoms with Crippen molar-refractivity contribution in [1.82, 2.24) is 13.9 Å². The molecule has 29 heavy (non-hydrogen) atoms. The minimum Gasteiger partial charge on any atom is -0.339 e. The molecule has 148 valence electrons. The zero-order chi connectivity index (χ0) is 20.2. The molecule has 2 aliphatic heterocycles. The van der Waals surface area contributed by atoms with Crippen LogP contribution in [0.15, 0.2) is 72.1 Å². The summed E-state index contributed by atoms with van der Waals surface area (Å²) in [7, 11) is -2.15. The Morgan fingerprint density at radius 1 is 1.10 bits per heavy atom. The molecule has 0 bridgehead atoms. The second-order valence-corrected chi connectivity index (χ2v) is 9.36. The van der Waals surface area contributed by atoms with Gasteiger partial charge in [0.15, 0.2) is 5.03 Å². The number of fused-ring (bicyclic) bond motifs is 2. The van der Waals surface area contributed by atoms with Gasteiger partial charge in [0.2, 0.25) is 5.91 Å². The molecular weight excluding hydrogens is 388 g/mol. The number of carbonyl (C=O) groups is 1. The average molecular weight is 408 g/mol. The van der Waals surface area contributed by atoms with E-state index in [0.717, 1.165) is 16.8 Å². The SMILES string of the molecule is Cn1cnc(S(=O)(=O)N2CC[C@]3(C(=O)Nc4ccccc43)[C@@H]2c2ccccc2)c1. The molecule has 0 radical (unpaired) electrons. The first kappa shape index (κ1) is 18.1. The quantitative estimate of drug-likeness (QED) is 0.722. The number of benzene rings is 2. The van der Waals surface area contributed by atoms with Crippen molar-refractivity contribution < 1.29 is 13.2 Å². The lowest BCUT2D eigenvalue weighted by Gasteiger charge is -2.33. The highest BCUT2D eigenvalue weighted by atomic mass is 32.2. The summed E-state index contributed by atoms with van der Waals surface area (Å²) in [5, 5.41) is 2.96. The number of para-hydroxylation sites is 1. The van der Waals surface area contributed by atoms with E-state index in [4.69, 9.17) is 0 Å². The predicted molar refractivity (Wildman–Crippen MR) is 108 cm³/mol. The van der Waals surface area contributed by atoms with Crippen molar-refractivity contribution in [3.05, 3.63) is 78.2 Å². The van der Waals surface area contributed by atoms with E-state index in [-0.39, 0.29) is 17.5 Å². The fraction of sp³-hybridized carbons (Fsp3) is 0.238. The highest BCUT2D eigenvalue weighted by Crippen LogP contribution is 2.55. The fourth-order valence-corrected chi connectivity index (χ4v) is 6.27. The van der Waals surface area contributed by atoms with Gasteiger partial charge in [0.05, 0.1) is 17.8 Å². The Kier molecular flexibility index (Phi) is 3.91. The van der Waals surface area contributed by atoms with Crippen molar-refractivity contribution in [1.29, 1.82) is 0 Å². The van der Waals surface area contributed by atoms with Crippen LogP contribution in [0, 0.1) is 0 Å². The summed E-state index contributed by atoms with van der Waals surface area (Å²) >= 11 is 0. The van der Waals surface area contributed by atoms with Gasteiger partial charge in [-0.15, -0.1) is 0 Å². The highest BCUT2D eigenvalue weighted by molar-refractivity contribution is 7.89. The van der Waals surface area contributed by atoms with Crippen LogP contribution in [-0.4, -0.2) is 34.7 Å². The number of nitrogens with zero attached hydrogens (tertiary/aromatic N) is 3. The van der Waals surface area contributed by atoms with E-state index in [9.17, 15) is 13.2 Å². The van der Waals surface area contributed by atoms with Crippen molar-refractivity contribution in [3.8, 4) is 0 Å². The molecule has 2 aromatic carbocycles. The summed E-state index contributed by atoms with van der Waals surface area (Å²) < 4.78 is 30.1. The number of aryl methyl sites for hydroxylation is 1. The second-order valence-electron chi connectivity index (χ2n) is 7.53. The van der Waals surface area contributed by atoms with E-state index < -0.39 is 21.5 Å². The molecule has 0 saturated carbocycles. The molecule has 7 nitrogen and oxygen atoms in total. The normalized spacial score (nSPS) is 24.0. The summed E-state index contributed by atoms with van der Waals surface area (Å²) in [6.07, 6.45) is 3.36. The third-order valence-electron chi connectivity index (χ3n) is 5.91. The van der Waals surface area contributed by atoms with Crippen molar-refractivity contribution in [3.63, 3.8) is 0 Å². The number of aromatic nitrogens is 2. The molecule has 2 aliphatic rings. The summed E-state index contributed by atoms with van der Waals surface area (Å²) in [4.78, 5) is 17.4. The molecule has 0 unspecified atom stereocenters. The number of rotatable bonds is 3. The topological polar surface area (TPSA) is 84.3 Å². The van der Waals surface area contributed by atoms with E-state index in [1.807, 2.05) is 54.6 Å². The van der Waals surface area contributed by atoms with Crippen LogP contribution >= 0.6 is 0 Å². The van der Waals surface area contributed by atoms with Crippen LogP contribution in [-0.2, 0) is 27.3 Å². The number of sulfonamides is 1. The largest absolute Gasteiger partial charge is 0.339 e. The van der Waals surface area contributed by atoms with Crippen LogP contribution in [0.2, 0.25) is 0 Å². The Morgan fingerprint density at radius 3 is 2.55 bits per heavy atom. The molecule has 0 aliphatic carbocycles. The van der Waals surface area contributed by atoms with Crippen molar-refractivity contribution in [2.75, 3.05) is 11.9 Å². The number of anilines is 1. The van der Waals surface area contributed by atoms with Crippen LogP contribution in [0.5, 0.6) is 0 Å². The number of hydrogen-bond acceptors (Lipinski definition) is 4. The molecule has 1 aromatic heterocycles. The van der Waals surface area contributed by atoms with Gasteiger partial charge in [0.1, 0.15) is 0 Å². The lowest BCUT2D eigenvalue weighted by molar-refractivity contribution is -0.121. The molecule has 1 fully saturated rings. The molecule has 1 spiro atoms. The maximum Gasteiger partial charge on any atom is 0.262 e. The number of amides is 1. The first-order chi connectivity index (χ1) is 13.9. The third-order valence-corrected chi connectivity index (χ3v) is 7.66. The van der Waals surface area contributed by atoms with Gasteiger partial charge in [-0.25, -0.2) is 13.4 Å². The van der Waals surface area contributed by atoms with Crippen molar-refractivity contribution >= 4 is 21.6 Å². The zero-order valence-electron chi connectivity index (χ0n) is 15.8. The minimum absolute atomic E-state index is 0.00956. The molecular formula is C21H20N4O3S. The molecule has 8 heteroatoms. The highest BCUT2D eigenvalue weighted by Gasteiger charge is 2.61. The molecule has 3 aromatic rings. The minimum atomic E-state index is -3.88. The molecule has 1 saturated heterocycles. The summed E-state index contributed by atoms with van der Waals surface area (Å²) in [6, 6.07) is 16.3. The van der Waals surface area contributed by atoms with Gasteiger partial charge in [-0.2, -0.15) is 4.31 Å². The van der Waals surface area contributed by atoms with Crippen LogP contribution in [0.3, 0.4) is 0 Å². The number of nitrogens with one attached hydrogen (secondary N) is 1. The Labute approximate surface area is 169 Å². The van der Waals surface area contributed by atoms with Gasteiger partial charge in [0.25, 0.3) is 10.0 Å². The molecule has 1 amide bonds. The lowest BCUT2D eigenvalue weighted by Crippen LogP contribution is -2.42. The van der Waals surface area contributed by atoms with E-state index in [2.05, 4.69) is 10.3 Å². The Hall–Kier alpha value is -2.97. The maximum atomic E-state index is 13.5. The first-order valence-corrected chi connectivity index (χ1v) is 10.8. The number of imidazole rings is 1. The lowest BCUT2D eigenvalue weighted by atomic mass is 9.73. The number of carbonyl (C=O) groups excluding carboxylic acids is 1. The van der Waals surface area contributed by atoms with E-state index in [1.54, 1.807) is 11.6 Å². The predicted octanol–water partition coefficient (Wildman–Crippen LogP) is 2.45. The molecule has 5 rings (SSSR count). The van der Waals surface area contributed by atoms with E-state index in [0.29, 0.717) is 6.42 Å². The van der Waals surface area contributed by atoms with Gasteiger partial charge in [-0.05, 0) is 23.6 Å². The molecule has 2 atom stereocenters. The van der Waals surface area contributed by atoms with Gasteiger partial charge < -0.3 is 9.88 Å². The van der Waals surface area contributed by atoms with Crippen LogP contribution in [0.4, 0.5) is 5.69 Å². The molecule has 3 heterocycles. The van der Waals surface area contributed by atoms with E-state index >= 15 is 0 Å². The standard InChI is InChI=1S/C21H20N4O3S/c1-24-13-18(22-14-24)29(27,28)25-12-11-21(19(25)15-7-3-2-4-8-15)16-9-5-6-10-17(16)23-20(21)26/h2-10,13-14,19H,11-12H2,1H3,(H,23,26)/t19-,21+/m0/s1. The average Bonchev–Trinajstić information content (AvgIpc) is 3.41. The van der Waals surface area contributed by atoms with Gasteiger partial charge in [-0.1, -0.05) is 48.5 Å². The number of hydrogen-bond donors (Lipinski definition) is 1. The summed E-state index contributed by atoms with van der Waals surface area (Å²) in [6.45, 7) is 0.236. The van der Waals surface area contributed by atoms with Gasteiger partial charge in [0, 0.05) is 25.5 Å². The van der Waals surface area contributed by atoms with Crippen LogP contribution in [0.1, 0.15) is 23.6 Å². The van der Waals surface area contributed by atoms with Gasteiger partial charge in [-0.3, -0.25) is 4.79 Å². The second kappa shape index (κ2) is 6.27. The fourth-order valence-electron chi connectivity index (χ4n) is 4.64. The Bertz CT molecular complexity index is 1210. The Balaban J connectivity index is 1.72. The summed E-state index contributed by atoms with van der Waals surface area (Å²) in [5.41, 5.74) is 1.41. The maximum absolute atomic E-state index is 13.5. The Morgan fingerprint density at radius 2 is 1.83 bits per heavy atom. The smallest absolute Gasteiger partial charge is 0.262 e. The van der Waals surface area contributed by atoms with Gasteiger partial charge >= 0.3 is 0 Å². The van der Waals surface area contributed by atoms with Crippen molar-refractivity contribution in [2.24, 2.45) is 7.05 Å².